The first-order chi connectivity index (χ1) is 11.1. The van der Waals surface area contributed by atoms with Crippen LogP contribution in [-0.2, 0) is 4.79 Å². The van der Waals surface area contributed by atoms with Crippen molar-refractivity contribution >= 4 is 46.2 Å². The normalized spacial score (nSPS) is 23.9. The SMILES string of the molecule is CN1C=C(c2ccccc2)C(=O)N2C1SC[C@@H]2c1cnc(Cl)s1. The second kappa shape index (κ2) is 5.85. The first kappa shape index (κ1) is 15.1. The monoisotopic (exact) mass is 363 g/mol. The number of rotatable bonds is 2. The molecule has 4 rings (SSSR count). The Morgan fingerprint density at radius 1 is 1.30 bits per heavy atom. The lowest BCUT2D eigenvalue weighted by Gasteiger charge is -2.38. The number of hydrogen-bond acceptors (Lipinski definition) is 5. The van der Waals surface area contributed by atoms with Gasteiger partial charge in [-0.3, -0.25) is 4.79 Å². The van der Waals surface area contributed by atoms with Crippen molar-refractivity contribution in [1.29, 1.82) is 0 Å². The molecular weight excluding hydrogens is 350 g/mol. The fourth-order valence-corrected chi connectivity index (χ4v) is 5.52. The maximum atomic E-state index is 13.1. The molecule has 23 heavy (non-hydrogen) atoms. The molecule has 1 amide bonds. The second-order valence-corrected chi connectivity index (χ2v) is 8.21. The van der Waals surface area contributed by atoms with Crippen molar-refractivity contribution in [2.45, 2.75) is 11.5 Å². The van der Waals surface area contributed by atoms with E-state index in [0.29, 0.717) is 4.47 Å². The lowest BCUT2D eigenvalue weighted by atomic mass is 10.0. The Labute approximate surface area is 147 Å². The number of aromatic nitrogens is 1. The highest BCUT2D eigenvalue weighted by atomic mass is 35.5. The second-order valence-electron chi connectivity index (χ2n) is 5.48. The summed E-state index contributed by atoms with van der Waals surface area (Å²) in [6.45, 7) is 0. The first-order valence-corrected chi connectivity index (χ1v) is 9.44. The molecule has 0 saturated carbocycles. The van der Waals surface area contributed by atoms with Gasteiger partial charge < -0.3 is 9.80 Å². The lowest BCUT2D eigenvalue weighted by Crippen LogP contribution is -2.47. The van der Waals surface area contributed by atoms with Crippen LogP contribution in [0, 0.1) is 0 Å². The molecule has 2 atom stereocenters. The summed E-state index contributed by atoms with van der Waals surface area (Å²) in [6.07, 6.45) is 3.74. The molecule has 4 nitrogen and oxygen atoms in total. The lowest BCUT2D eigenvalue weighted by molar-refractivity contribution is -0.130. The smallest absolute Gasteiger partial charge is 0.258 e. The summed E-state index contributed by atoms with van der Waals surface area (Å²) < 4.78 is 0.519. The van der Waals surface area contributed by atoms with Crippen LogP contribution in [0.4, 0.5) is 0 Å². The van der Waals surface area contributed by atoms with E-state index in [9.17, 15) is 4.79 Å². The quantitative estimate of drug-likeness (QED) is 0.815. The molecule has 1 saturated heterocycles. The van der Waals surface area contributed by atoms with Gasteiger partial charge in [-0.15, -0.1) is 23.1 Å². The maximum absolute atomic E-state index is 13.1. The predicted molar refractivity (Wildman–Crippen MR) is 95.1 cm³/mol. The van der Waals surface area contributed by atoms with Crippen LogP contribution < -0.4 is 0 Å². The average molecular weight is 364 g/mol. The van der Waals surface area contributed by atoms with Crippen LogP contribution in [0.25, 0.3) is 5.57 Å². The molecule has 118 valence electrons. The van der Waals surface area contributed by atoms with Crippen molar-refractivity contribution in [3.05, 3.63) is 57.6 Å². The summed E-state index contributed by atoms with van der Waals surface area (Å²) in [5.41, 5.74) is 1.70. The minimum atomic E-state index is 0.0253. The average Bonchev–Trinajstić information content (AvgIpc) is 3.18. The fraction of sp³-hybridized carbons (Fsp3) is 0.250. The summed E-state index contributed by atoms with van der Waals surface area (Å²) in [6, 6.07) is 9.83. The van der Waals surface area contributed by atoms with Gasteiger partial charge in [0.2, 0.25) is 0 Å². The Morgan fingerprint density at radius 3 is 2.78 bits per heavy atom. The van der Waals surface area contributed by atoms with Crippen molar-refractivity contribution in [3.63, 3.8) is 0 Å². The molecule has 1 aromatic heterocycles. The number of fused-ring (bicyclic) bond motifs is 1. The van der Waals surface area contributed by atoms with Gasteiger partial charge in [-0.1, -0.05) is 41.9 Å². The number of amides is 1. The van der Waals surface area contributed by atoms with E-state index >= 15 is 0 Å². The van der Waals surface area contributed by atoms with E-state index in [0.717, 1.165) is 21.8 Å². The van der Waals surface area contributed by atoms with Crippen LogP contribution in [0.1, 0.15) is 16.5 Å². The molecule has 1 aromatic carbocycles. The third-order valence-corrected chi connectivity index (χ3v) is 6.61. The van der Waals surface area contributed by atoms with Crippen LogP contribution in [0.5, 0.6) is 0 Å². The minimum absolute atomic E-state index is 0.0253. The van der Waals surface area contributed by atoms with Crippen LogP contribution in [-0.4, -0.2) is 39.0 Å². The predicted octanol–water partition coefficient (Wildman–Crippen LogP) is 3.68. The molecule has 1 unspecified atom stereocenters. The third kappa shape index (κ3) is 2.55. The van der Waals surface area contributed by atoms with E-state index in [1.807, 2.05) is 48.5 Å². The van der Waals surface area contributed by atoms with Crippen molar-refractivity contribution in [2.75, 3.05) is 12.8 Å². The van der Waals surface area contributed by atoms with Crippen molar-refractivity contribution in [1.82, 2.24) is 14.8 Å². The Morgan fingerprint density at radius 2 is 2.09 bits per heavy atom. The number of carbonyl (C=O) groups excluding carboxylic acids is 1. The summed E-state index contributed by atoms with van der Waals surface area (Å²) in [5.74, 6) is 0.925. The van der Waals surface area contributed by atoms with E-state index in [2.05, 4.69) is 9.88 Å². The zero-order valence-electron chi connectivity index (χ0n) is 12.3. The molecule has 0 N–H and O–H groups in total. The molecule has 2 aliphatic rings. The Bertz CT molecular complexity index is 777. The largest absolute Gasteiger partial charge is 0.351 e. The van der Waals surface area contributed by atoms with Gasteiger partial charge in [-0.05, 0) is 5.56 Å². The zero-order chi connectivity index (χ0) is 16.0. The van der Waals surface area contributed by atoms with Crippen LogP contribution in [0.2, 0.25) is 4.47 Å². The van der Waals surface area contributed by atoms with E-state index in [4.69, 9.17) is 11.6 Å². The Balaban J connectivity index is 1.73. The molecule has 1 fully saturated rings. The van der Waals surface area contributed by atoms with Crippen LogP contribution in [0.15, 0.2) is 42.7 Å². The summed E-state index contributed by atoms with van der Waals surface area (Å²) in [5, 5.41) is 0. The number of nitrogens with zero attached hydrogens (tertiary/aromatic N) is 3. The van der Waals surface area contributed by atoms with E-state index in [-0.39, 0.29) is 17.4 Å². The van der Waals surface area contributed by atoms with Gasteiger partial charge in [-0.25, -0.2) is 4.98 Å². The number of hydrogen-bond donors (Lipinski definition) is 0. The highest BCUT2D eigenvalue weighted by molar-refractivity contribution is 8.00. The molecule has 0 radical (unpaired) electrons. The van der Waals surface area contributed by atoms with Crippen molar-refractivity contribution in [3.8, 4) is 0 Å². The van der Waals surface area contributed by atoms with Gasteiger partial charge in [0.15, 0.2) is 9.96 Å². The highest BCUT2D eigenvalue weighted by Gasteiger charge is 2.44. The van der Waals surface area contributed by atoms with Gasteiger partial charge in [0, 0.05) is 30.1 Å². The summed E-state index contributed by atoms with van der Waals surface area (Å²) in [7, 11) is 2.02. The Kier molecular flexibility index (Phi) is 3.83. The summed E-state index contributed by atoms with van der Waals surface area (Å²) in [4.78, 5) is 22.3. The van der Waals surface area contributed by atoms with Gasteiger partial charge in [-0.2, -0.15) is 0 Å². The fourth-order valence-electron chi connectivity index (χ4n) is 2.96. The zero-order valence-corrected chi connectivity index (χ0v) is 14.7. The number of thioether (sulfide) groups is 1. The maximum Gasteiger partial charge on any atom is 0.258 e. The van der Waals surface area contributed by atoms with E-state index in [1.165, 1.54) is 11.3 Å². The molecule has 2 aliphatic heterocycles. The van der Waals surface area contributed by atoms with E-state index < -0.39 is 0 Å². The van der Waals surface area contributed by atoms with Gasteiger partial charge in [0.25, 0.3) is 5.91 Å². The van der Waals surface area contributed by atoms with Crippen molar-refractivity contribution < 1.29 is 4.79 Å². The molecule has 0 bridgehead atoms. The standard InChI is InChI=1S/C16H14ClN3OS2/c1-19-8-11(10-5-3-2-4-6-10)14(21)20-12(9-22-16(19)20)13-7-18-15(17)23-13/h2-8,12,16H,9H2,1H3/t12-,16?/m1/s1. The van der Waals surface area contributed by atoms with Gasteiger partial charge in [0.05, 0.1) is 11.6 Å². The Hall–Kier alpha value is -1.50. The first-order valence-electron chi connectivity index (χ1n) is 7.20. The minimum Gasteiger partial charge on any atom is -0.351 e. The number of thiazole rings is 1. The molecule has 3 heterocycles. The third-order valence-electron chi connectivity index (χ3n) is 4.03. The van der Waals surface area contributed by atoms with Gasteiger partial charge in [0.1, 0.15) is 0 Å². The highest BCUT2D eigenvalue weighted by Crippen LogP contribution is 2.45. The number of carbonyl (C=O) groups is 1. The number of benzene rings is 1. The molecule has 0 spiro atoms. The molecule has 2 aromatic rings. The van der Waals surface area contributed by atoms with E-state index in [1.54, 1.807) is 18.0 Å². The molecule has 0 aliphatic carbocycles. The summed E-state index contributed by atoms with van der Waals surface area (Å²) >= 11 is 9.20. The molecular formula is C16H14ClN3OS2. The number of halogens is 1. The van der Waals surface area contributed by atoms with Gasteiger partial charge >= 0.3 is 0 Å². The molecule has 7 heteroatoms. The topological polar surface area (TPSA) is 36.4 Å². The van der Waals surface area contributed by atoms with Crippen LogP contribution in [0.3, 0.4) is 0 Å². The van der Waals surface area contributed by atoms with Crippen molar-refractivity contribution in [2.24, 2.45) is 0 Å². The van der Waals surface area contributed by atoms with Crippen LogP contribution >= 0.6 is 34.7 Å².